The summed E-state index contributed by atoms with van der Waals surface area (Å²) >= 11 is 5.70. The van der Waals surface area contributed by atoms with Crippen LogP contribution in [0.1, 0.15) is 61.4 Å². The quantitative estimate of drug-likeness (QED) is 0.260. The molecule has 3 rings (SSSR count). The lowest BCUT2D eigenvalue weighted by molar-refractivity contribution is -0.131. The molecule has 1 heterocycles. The third-order valence-electron chi connectivity index (χ3n) is 6.06. The summed E-state index contributed by atoms with van der Waals surface area (Å²) in [5.41, 5.74) is 1.93. The molecule has 1 fully saturated rings. The van der Waals surface area contributed by atoms with E-state index in [-0.39, 0.29) is 18.2 Å². The summed E-state index contributed by atoms with van der Waals surface area (Å²) < 4.78 is 4.70. The molecule has 1 saturated heterocycles. The van der Waals surface area contributed by atoms with Gasteiger partial charge in [-0.2, -0.15) is 0 Å². The first-order valence-corrected chi connectivity index (χ1v) is 12.5. The van der Waals surface area contributed by atoms with E-state index in [0.29, 0.717) is 29.5 Å². The van der Waals surface area contributed by atoms with Crippen molar-refractivity contribution in [1.29, 1.82) is 0 Å². The minimum Gasteiger partial charge on any atom is -0.465 e. The predicted octanol–water partition coefficient (Wildman–Crippen LogP) is 4.77. The van der Waals surface area contributed by atoms with Gasteiger partial charge in [0.05, 0.1) is 25.6 Å². The van der Waals surface area contributed by atoms with Crippen LogP contribution >= 0.6 is 12.2 Å². The number of thiocarbonyl (C=S) groups is 1. The van der Waals surface area contributed by atoms with Crippen LogP contribution < -0.4 is 5.32 Å². The molecule has 186 valence electrons. The monoisotopic (exact) mass is 495 g/mol. The number of esters is 1. The summed E-state index contributed by atoms with van der Waals surface area (Å²) in [4.78, 5) is 41.4. The van der Waals surface area contributed by atoms with Crippen LogP contribution in [-0.4, -0.2) is 52.4 Å². The molecular formula is C27H33N3O4S. The normalized spacial score (nSPS) is 15.4. The van der Waals surface area contributed by atoms with Crippen LogP contribution in [-0.2, 0) is 20.9 Å². The molecule has 2 aromatic rings. The average Bonchev–Trinajstić information content (AvgIpc) is 3.08. The Hall–Kier alpha value is -3.26. The summed E-state index contributed by atoms with van der Waals surface area (Å²) in [6.07, 6.45) is 5.47. The summed E-state index contributed by atoms with van der Waals surface area (Å²) in [6.45, 7) is 3.21. The van der Waals surface area contributed by atoms with Gasteiger partial charge in [0.15, 0.2) is 5.11 Å². The number of nitrogens with zero attached hydrogens (tertiary/aromatic N) is 2. The highest BCUT2D eigenvalue weighted by Crippen LogP contribution is 2.24. The molecule has 0 aromatic heterocycles. The van der Waals surface area contributed by atoms with Crippen LogP contribution in [0.4, 0.5) is 5.69 Å². The molecule has 35 heavy (non-hydrogen) atoms. The lowest BCUT2D eigenvalue weighted by Gasteiger charge is -2.24. The van der Waals surface area contributed by atoms with E-state index in [9.17, 15) is 14.4 Å². The minimum atomic E-state index is -0.633. The first kappa shape index (κ1) is 26.3. The molecule has 0 aliphatic carbocycles. The van der Waals surface area contributed by atoms with E-state index in [2.05, 4.69) is 12.2 Å². The summed E-state index contributed by atoms with van der Waals surface area (Å²) in [5.74, 6) is -0.876. The van der Waals surface area contributed by atoms with Gasteiger partial charge in [0.1, 0.15) is 6.04 Å². The molecule has 2 amide bonds. The van der Waals surface area contributed by atoms with E-state index in [4.69, 9.17) is 17.0 Å². The van der Waals surface area contributed by atoms with Crippen LogP contribution in [0, 0.1) is 0 Å². The van der Waals surface area contributed by atoms with Crippen molar-refractivity contribution in [3.63, 3.8) is 0 Å². The zero-order chi connectivity index (χ0) is 25.2. The van der Waals surface area contributed by atoms with Crippen molar-refractivity contribution in [2.24, 2.45) is 0 Å². The molecule has 2 aromatic carbocycles. The lowest BCUT2D eigenvalue weighted by Crippen LogP contribution is -2.38. The number of hydrogen-bond acceptors (Lipinski definition) is 5. The van der Waals surface area contributed by atoms with Crippen LogP contribution in [0.5, 0.6) is 0 Å². The molecule has 1 aliphatic rings. The van der Waals surface area contributed by atoms with Crippen molar-refractivity contribution in [2.75, 3.05) is 19.0 Å². The maximum atomic E-state index is 13.4. The van der Waals surface area contributed by atoms with E-state index >= 15 is 0 Å². The van der Waals surface area contributed by atoms with E-state index < -0.39 is 12.0 Å². The third kappa shape index (κ3) is 7.11. The molecule has 0 saturated carbocycles. The Kier molecular flexibility index (Phi) is 9.78. The molecule has 1 atom stereocenters. The lowest BCUT2D eigenvalue weighted by atomic mass is 10.1. The Balaban J connectivity index is 1.68. The molecular weight excluding hydrogens is 462 g/mol. The first-order chi connectivity index (χ1) is 16.9. The number of hydrogen-bond donors (Lipinski definition) is 1. The first-order valence-electron chi connectivity index (χ1n) is 12.1. The number of anilines is 1. The maximum absolute atomic E-state index is 13.4. The van der Waals surface area contributed by atoms with Crippen LogP contribution in [0.2, 0.25) is 0 Å². The number of carbonyl (C=O) groups is 3. The van der Waals surface area contributed by atoms with E-state index in [1.165, 1.54) is 13.5 Å². The second-order valence-electron chi connectivity index (χ2n) is 8.64. The summed E-state index contributed by atoms with van der Waals surface area (Å²) in [5, 5.41) is 3.31. The number of carbonyl (C=O) groups excluding carboxylic acids is 3. The Morgan fingerprint density at radius 3 is 2.34 bits per heavy atom. The number of nitrogens with one attached hydrogen (secondary N) is 1. The fraction of sp³-hybridized carbons (Fsp3) is 0.407. The number of methoxy groups -OCH3 is 1. The summed E-state index contributed by atoms with van der Waals surface area (Å²) in [6, 6.07) is 15.5. The van der Waals surface area contributed by atoms with Gasteiger partial charge in [-0.15, -0.1) is 0 Å². The molecule has 0 spiro atoms. The molecule has 0 bridgehead atoms. The Morgan fingerprint density at radius 2 is 1.69 bits per heavy atom. The van der Waals surface area contributed by atoms with Gasteiger partial charge in [-0.25, -0.2) is 4.79 Å². The molecule has 7 nitrogen and oxygen atoms in total. The summed E-state index contributed by atoms with van der Waals surface area (Å²) in [7, 11) is 1.32. The fourth-order valence-corrected chi connectivity index (χ4v) is 4.51. The van der Waals surface area contributed by atoms with Gasteiger partial charge in [0.25, 0.3) is 5.91 Å². The predicted molar refractivity (Wildman–Crippen MR) is 140 cm³/mol. The third-order valence-corrected chi connectivity index (χ3v) is 6.51. The van der Waals surface area contributed by atoms with Gasteiger partial charge >= 0.3 is 5.97 Å². The Bertz CT molecular complexity index is 1030. The molecule has 0 radical (unpaired) electrons. The highest BCUT2D eigenvalue weighted by Gasteiger charge is 2.42. The van der Waals surface area contributed by atoms with Crippen LogP contribution in [0.3, 0.4) is 0 Å². The van der Waals surface area contributed by atoms with Gasteiger partial charge < -0.3 is 15.0 Å². The Labute approximate surface area is 212 Å². The van der Waals surface area contributed by atoms with Gasteiger partial charge in [-0.3, -0.25) is 14.5 Å². The van der Waals surface area contributed by atoms with Gasteiger partial charge in [-0.1, -0.05) is 62.9 Å². The zero-order valence-electron chi connectivity index (χ0n) is 20.4. The number of ether oxygens (including phenoxy) is 1. The second-order valence-corrected chi connectivity index (χ2v) is 9.00. The van der Waals surface area contributed by atoms with Gasteiger partial charge in [0, 0.05) is 12.2 Å². The van der Waals surface area contributed by atoms with Crippen molar-refractivity contribution in [3.8, 4) is 0 Å². The van der Waals surface area contributed by atoms with Crippen LogP contribution in [0.15, 0.2) is 54.6 Å². The van der Waals surface area contributed by atoms with Crippen molar-refractivity contribution in [3.05, 3.63) is 65.7 Å². The van der Waals surface area contributed by atoms with Crippen molar-refractivity contribution in [1.82, 2.24) is 9.80 Å². The van der Waals surface area contributed by atoms with Gasteiger partial charge in [0.2, 0.25) is 5.91 Å². The van der Waals surface area contributed by atoms with Crippen molar-refractivity contribution < 1.29 is 19.1 Å². The number of rotatable bonds is 12. The topological polar surface area (TPSA) is 79.0 Å². The SMILES string of the molecule is CCCCCCCN1C(=S)N(Cc2ccccc2)C(=O)[C@H]1CC(=O)Nc1ccc(C(=O)OC)cc1. The largest absolute Gasteiger partial charge is 0.465 e. The van der Waals surface area contributed by atoms with Crippen molar-refractivity contribution >= 4 is 40.8 Å². The van der Waals surface area contributed by atoms with Crippen molar-refractivity contribution in [2.45, 2.75) is 58.0 Å². The maximum Gasteiger partial charge on any atom is 0.337 e. The molecule has 1 N–H and O–H groups in total. The fourth-order valence-electron chi connectivity index (χ4n) is 4.14. The number of benzene rings is 2. The van der Waals surface area contributed by atoms with E-state index in [1.807, 2.05) is 35.2 Å². The second kappa shape index (κ2) is 13.0. The molecule has 1 aliphatic heterocycles. The highest BCUT2D eigenvalue weighted by atomic mass is 32.1. The van der Waals surface area contributed by atoms with Crippen LogP contribution in [0.25, 0.3) is 0 Å². The zero-order valence-corrected chi connectivity index (χ0v) is 21.2. The van der Waals surface area contributed by atoms with E-state index in [1.54, 1.807) is 29.2 Å². The number of amides is 2. The standard InChI is InChI=1S/C27H33N3O4S/c1-3-4-5-6-10-17-29-23(25(32)30(27(29)35)19-20-11-8-7-9-12-20)18-24(31)28-22-15-13-21(14-16-22)26(33)34-2/h7-9,11-16,23H,3-6,10,17-19H2,1-2H3,(H,28,31)/t23-/m1/s1. The average molecular weight is 496 g/mol. The smallest absolute Gasteiger partial charge is 0.337 e. The molecule has 0 unspecified atom stereocenters. The minimum absolute atomic E-state index is 0.00201. The number of unbranched alkanes of at least 4 members (excludes halogenated alkanes) is 4. The van der Waals surface area contributed by atoms with E-state index in [0.717, 1.165) is 31.2 Å². The highest BCUT2D eigenvalue weighted by molar-refractivity contribution is 7.80. The Morgan fingerprint density at radius 1 is 1.00 bits per heavy atom. The molecule has 8 heteroatoms. The van der Waals surface area contributed by atoms with Gasteiger partial charge in [-0.05, 0) is 48.5 Å².